The molecule has 0 radical (unpaired) electrons. The second-order valence-electron chi connectivity index (χ2n) is 5.19. The van der Waals surface area contributed by atoms with Crippen LogP contribution in [0.4, 0.5) is 0 Å². The molecule has 0 spiro atoms. The fourth-order valence-electron chi connectivity index (χ4n) is 2.58. The SMILES string of the molecule is O=C(CCC1CCNC1)NCC1CCCCO1. The minimum atomic E-state index is 0.186. The summed E-state index contributed by atoms with van der Waals surface area (Å²) >= 11 is 0. The molecule has 98 valence electrons. The molecule has 0 aromatic carbocycles. The highest BCUT2D eigenvalue weighted by atomic mass is 16.5. The van der Waals surface area contributed by atoms with Gasteiger partial charge in [-0.05, 0) is 51.1 Å². The lowest BCUT2D eigenvalue weighted by Gasteiger charge is -2.22. The van der Waals surface area contributed by atoms with Gasteiger partial charge in [-0.15, -0.1) is 0 Å². The third-order valence-corrected chi connectivity index (χ3v) is 3.74. The van der Waals surface area contributed by atoms with E-state index < -0.39 is 0 Å². The van der Waals surface area contributed by atoms with Crippen molar-refractivity contribution < 1.29 is 9.53 Å². The van der Waals surface area contributed by atoms with Gasteiger partial charge in [-0.2, -0.15) is 0 Å². The van der Waals surface area contributed by atoms with Crippen LogP contribution in [-0.2, 0) is 9.53 Å². The summed E-state index contributed by atoms with van der Waals surface area (Å²) in [5, 5.41) is 6.32. The highest BCUT2D eigenvalue weighted by molar-refractivity contribution is 5.75. The fourth-order valence-corrected chi connectivity index (χ4v) is 2.58. The number of amides is 1. The molecule has 1 amide bonds. The molecule has 0 aromatic heterocycles. The number of rotatable bonds is 5. The summed E-state index contributed by atoms with van der Waals surface area (Å²) in [7, 11) is 0. The number of hydrogen-bond donors (Lipinski definition) is 2. The van der Waals surface area contributed by atoms with Gasteiger partial charge in [0.25, 0.3) is 0 Å². The zero-order chi connectivity index (χ0) is 11.9. The lowest BCUT2D eigenvalue weighted by molar-refractivity contribution is -0.122. The molecule has 0 bridgehead atoms. The van der Waals surface area contributed by atoms with Gasteiger partial charge in [0.15, 0.2) is 0 Å². The fraction of sp³-hybridized carbons (Fsp3) is 0.923. The molecule has 2 atom stereocenters. The van der Waals surface area contributed by atoms with Crippen LogP contribution in [0.15, 0.2) is 0 Å². The standard InChI is InChI=1S/C13H24N2O2/c16-13(5-4-11-6-7-14-9-11)15-10-12-3-1-2-8-17-12/h11-12,14H,1-10H2,(H,15,16). The quantitative estimate of drug-likeness (QED) is 0.755. The molecule has 2 unspecified atom stereocenters. The molecule has 2 heterocycles. The summed E-state index contributed by atoms with van der Waals surface area (Å²) in [5.74, 6) is 0.887. The van der Waals surface area contributed by atoms with Gasteiger partial charge in [-0.3, -0.25) is 4.79 Å². The van der Waals surface area contributed by atoms with Crippen molar-refractivity contribution in [2.75, 3.05) is 26.2 Å². The average Bonchev–Trinajstić information content (AvgIpc) is 2.88. The monoisotopic (exact) mass is 240 g/mol. The van der Waals surface area contributed by atoms with Crippen LogP contribution in [0, 0.1) is 5.92 Å². The van der Waals surface area contributed by atoms with Gasteiger partial charge >= 0.3 is 0 Å². The van der Waals surface area contributed by atoms with E-state index in [4.69, 9.17) is 4.74 Å². The maximum atomic E-state index is 11.7. The van der Waals surface area contributed by atoms with Crippen LogP contribution in [0.1, 0.15) is 38.5 Å². The van der Waals surface area contributed by atoms with Crippen molar-refractivity contribution in [3.63, 3.8) is 0 Å². The number of ether oxygens (including phenoxy) is 1. The molecule has 2 fully saturated rings. The minimum absolute atomic E-state index is 0.186. The first-order valence-electron chi connectivity index (χ1n) is 6.93. The second-order valence-corrected chi connectivity index (χ2v) is 5.19. The lowest BCUT2D eigenvalue weighted by Crippen LogP contribution is -2.35. The Morgan fingerprint density at radius 3 is 3.00 bits per heavy atom. The molecule has 0 saturated carbocycles. The molecule has 4 heteroatoms. The maximum Gasteiger partial charge on any atom is 0.220 e. The van der Waals surface area contributed by atoms with Crippen molar-refractivity contribution in [2.24, 2.45) is 5.92 Å². The molecule has 2 aliphatic heterocycles. The van der Waals surface area contributed by atoms with Crippen LogP contribution in [0.25, 0.3) is 0 Å². The van der Waals surface area contributed by atoms with Crippen molar-refractivity contribution in [1.29, 1.82) is 0 Å². The van der Waals surface area contributed by atoms with E-state index >= 15 is 0 Å². The molecule has 0 aliphatic carbocycles. The topological polar surface area (TPSA) is 50.4 Å². The van der Waals surface area contributed by atoms with E-state index in [0.717, 1.165) is 32.5 Å². The van der Waals surface area contributed by atoms with Crippen molar-refractivity contribution in [1.82, 2.24) is 10.6 Å². The smallest absolute Gasteiger partial charge is 0.220 e. The average molecular weight is 240 g/mol. The van der Waals surface area contributed by atoms with E-state index in [1.807, 2.05) is 0 Å². The molecular weight excluding hydrogens is 216 g/mol. The molecule has 2 rings (SSSR count). The van der Waals surface area contributed by atoms with Crippen LogP contribution in [0.2, 0.25) is 0 Å². The zero-order valence-electron chi connectivity index (χ0n) is 10.5. The zero-order valence-corrected chi connectivity index (χ0v) is 10.5. The Kier molecular flexibility index (Phi) is 5.26. The second kappa shape index (κ2) is 6.97. The van der Waals surface area contributed by atoms with Crippen molar-refractivity contribution in [3.05, 3.63) is 0 Å². The first kappa shape index (κ1) is 12.8. The predicted octanol–water partition coefficient (Wildman–Crippen LogP) is 1.06. The van der Waals surface area contributed by atoms with E-state index in [-0.39, 0.29) is 12.0 Å². The van der Waals surface area contributed by atoms with Gasteiger partial charge < -0.3 is 15.4 Å². The van der Waals surface area contributed by atoms with Crippen LogP contribution >= 0.6 is 0 Å². The Labute approximate surface area is 103 Å². The summed E-state index contributed by atoms with van der Waals surface area (Å²) in [4.78, 5) is 11.7. The van der Waals surface area contributed by atoms with Crippen molar-refractivity contribution in [2.45, 2.75) is 44.6 Å². The third kappa shape index (κ3) is 4.64. The van der Waals surface area contributed by atoms with Gasteiger partial charge in [-0.25, -0.2) is 0 Å². The predicted molar refractivity (Wildman–Crippen MR) is 66.8 cm³/mol. The molecule has 2 N–H and O–H groups in total. The van der Waals surface area contributed by atoms with Gasteiger partial charge in [0.05, 0.1) is 6.10 Å². The molecule has 2 aliphatic rings. The van der Waals surface area contributed by atoms with E-state index in [9.17, 15) is 4.79 Å². The van der Waals surface area contributed by atoms with E-state index in [1.54, 1.807) is 0 Å². The van der Waals surface area contributed by atoms with Crippen LogP contribution in [0.3, 0.4) is 0 Å². The number of nitrogens with one attached hydrogen (secondary N) is 2. The van der Waals surface area contributed by atoms with E-state index in [1.165, 1.54) is 19.3 Å². The van der Waals surface area contributed by atoms with Crippen molar-refractivity contribution in [3.8, 4) is 0 Å². The molecule has 2 saturated heterocycles. The summed E-state index contributed by atoms with van der Waals surface area (Å²) < 4.78 is 5.58. The Balaban J connectivity index is 1.53. The number of hydrogen-bond acceptors (Lipinski definition) is 3. The van der Waals surface area contributed by atoms with E-state index in [2.05, 4.69) is 10.6 Å². The Morgan fingerprint density at radius 2 is 2.29 bits per heavy atom. The van der Waals surface area contributed by atoms with Gasteiger partial charge in [0, 0.05) is 19.6 Å². The highest BCUT2D eigenvalue weighted by Gasteiger charge is 2.17. The summed E-state index contributed by atoms with van der Waals surface area (Å²) in [6, 6.07) is 0. The van der Waals surface area contributed by atoms with Gasteiger partial charge in [-0.1, -0.05) is 0 Å². The molecular formula is C13H24N2O2. The highest BCUT2D eigenvalue weighted by Crippen LogP contribution is 2.14. The Morgan fingerprint density at radius 1 is 1.35 bits per heavy atom. The summed E-state index contributed by atoms with van der Waals surface area (Å²) in [5.41, 5.74) is 0. The first-order valence-corrected chi connectivity index (χ1v) is 6.93. The van der Waals surface area contributed by atoms with Gasteiger partial charge in [0.2, 0.25) is 5.91 Å². The lowest BCUT2D eigenvalue weighted by atomic mass is 10.0. The van der Waals surface area contributed by atoms with Crippen molar-refractivity contribution >= 4 is 5.91 Å². The normalized spacial score (nSPS) is 29.2. The van der Waals surface area contributed by atoms with Crippen LogP contribution in [-0.4, -0.2) is 38.3 Å². The van der Waals surface area contributed by atoms with Gasteiger partial charge in [0.1, 0.15) is 0 Å². The maximum absolute atomic E-state index is 11.7. The summed E-state index contributed by atoms with van der Waals surface area (Å²) in [6.07, 6.45) is 6.64. The minimum Gasteiger partial charge on any atom is -0.376 e. The van der Waals surface area contributed by atoms with Crippen LogP contribution < -0.4 is 10.6 Å². The molecule has 0 aromatic rings. The van der Waals surface area contributed by atoms with E-state index in [0.29, 0.717) is 18.9 Å². The first-order chi connectivity index (χ1) is 8.34. The Hall–Kier alpha value is -0.610. The van der Waals surface area contributed by atoms with Crippen LogP contribution in [0.5, 0.6) is 0 Å². The largest absolute Gasteiger partial charge is 0.376 e. The number of carbonyl (C=O) groups excluding carboxylic acids is 1. The molecule has 17 heavy (non-hydrogen) atoms. The number of carbonyl (C=O) groups is 1. The molecule has 4 nitrogen and oxygen atoms in total. The summed E-state index contributed by atoms with van der Waals surface area (Å²) in [6.45, 7) is 3.75. The Bertz CT molecular complexity index is 234. The third-order valence-electron chi connectivity index (χ3n) is 3.74.